The van der Waals surface area contributed by atoms with Crippen molar-refractivity contribution < 1.29 is 9.00 Å². The molecule has 0 aromatic heterocycles. The van der Waals surface area contributed by atoms with E-state index in [2.05, 4.69) is 5.32 Å². The zero-order valence-electron chi connectivity index (χ0n) is 10.7. The Hall–Kier alpha value is -0.580. The summed E-state index contributed by atoms with van der Waals surface area (Å²) in [6.07, 6.45) is 1.94. The number of hydrogen-bond donors (Lipinski definition) is 1. The number of halogens is 2. The molecule has 1 amide bonds. The van der Waals surface area contributed by atoms with Crippen LogP contribution in [0.25, 0.3) is 0 Å². The van der Waals surface area contributed by atoms with Crippen LogP contribution in [0.5, 0.6) is 0 Å². The molecule has 0 spiro atoms. The van der Waals surface area contributed by atoms with Crippen LogP contribution in [0.15, 0.2) is 18.2 Å². The fourth-order valence-electron chi connectivity index (χ4n) is 1.48. The standard InChI is InChI=1S/C13H17Cl2NO2S/c1-2-3-7-16-13(17)9-19(18)8-10-11(14)5-4-6-12(10)15/h4-6H,2-3,7-9H2,1H3,(H,16,17). The lowest BCUT2D eigenvalue weighted by molar-refractivity contribution is -0.118. The molecule has 0 radical (unpaired) electrons. The molecule has 0 aliphatic rings. The molecule has 1 atom stereocenters. The third kappa shape index (κ3) is 5.93. The van der Waals surface area contributed by atoms with Crippen molar-refractivity contribution in [3.63, 3.8) is 0 Å². The summed E-state index contributed by atoms with van der Waals surface area (Å²) in [6, 6.07) is 5.12. The maximum absolute atomic E-state index is 11.9. The van der Waals surface area contributed by atoms with Crippen molar-refractivity contribution in [3.8, 4) is 0 Å². The summed E-state index contributed by atoms with van der Waals surface area (Å²) < 4.78 is 11.9. The van der Waals surface area contributed by atoms with Gasteiger partial charge in [0.1, 0.15) is 5.75 Å². The van der Waals surface area contributed by atoms with Gasteiger partial charge >= 0.3 is 0 Å². The number of carbonyl (C=O) groups excluding carboxylic acids is 1. The molecular weight excluding hydrogens is 305 g/mol. The molecule has 0 fully saturated rings. The maximum Gasteiger partial charge on any atom is 0.232 e. The summed E-state index contributed by atoms with van der Waals surface area (Å²) in [4.78, 5) is 11.5. The first-order chi connectivity index (χ1) is 9.04. The average Bonchev–Trinajstić information content (AvgIpc) is 2.34. The third-order valence-corrected chi connectivity index (χ3v) is 4.41. The number of hydrogen-bond acceptors (Lipinski definition) is 2. The second kappa shape index (κ2) is 8.56. The molecule has 0 aliphatic heterocycles. The van der Waals surface area contributed by atoms with Crippen molar-refractivity contribution in [3.05, 3.63) is 33.8 Å². The van der Waals surface area contributed by atoms with E-state index in [1.807, 2.05) is 6.92 Å². The van der Waals surface area contributed by atoms with Gasteiger partial charge < -0.3 is 5.32 Å². The SMILES string of the molecule is CCCCNC(=O)CS(=O)Cc1c(Cl)cccc1Cl. The van der Waals surface area contributed by atoms with Gasteiger partial charge in [-0.2, -0.15) is 0 Å². The molecule has 106 valence electrons. The predicted octanol–water partition coefficient (Wildman–Crippen LogP) is 3.16. The molecule has 1 aromatic rings. The first-order valence-corrected chi connectivity index (χ1v) is 8.33. The van der Waals surface area contributed by atoms with Gasteiger partial charge in [-0.15, -0.1) is 0 Å². The molecule has 0 aliphatic carbocycles. The van der Waals surface area contributed by atoms with E-state index < -0.39 is 10.8 Å². The lowest BCUT2D eigenvalue weighted by atomic mass is 10.2. The normalized spacial score (nSPS) is 12.2. The van der Waals surface area contributed by atoms with Crippen molar-refractivity contribution >= 4 is 39.9 Å². The van der Waals surface area contributed by atoms with E-state index in [4.69, 9.17) is 23.2 Å². The minimum atomic E-state index is -1.31. The second-order valence-electron chi connectivity index (χ2n) is 4.13. The van der Waals surface area contributed by atoms with Gasteiger partial charge in [-0.1, -0.05) is 42.6 Å². The van der Waals surface area contributed by atoms with E-state index >= 15 is 0 Å². The van der Waals surface area contributed by atoms with Gasteiger partial charge in [0.25, 0.3) is 0 Å². The van der Waals surface area contributed by atoms with E-state index in [-0.39, 0.29) is 17.4 Å². The van der Waals surface area contributed by atoms with Crippen LogP contribution in [-0.4, -0.2) is 22.4 Å². The maximum atomic E-state index is 11.9. The number of benzene rings is 1. The molecule has 6 heteroatoms. The summed E-state index contributed by atoms with van der Waals surface area (Å²) >= 11 is 12.0. The Morgan fingerprint density at radius 3 is 2.53 bits per heavy atom. The summed E-state index contributed by atoms with van der Waals surface area (Å²) in [5, 5.41) is 3.69. The van der Waals surface area contributed by atoms with Gasteiger partial charge in [0.15, 0.2) is 0 Å². The Morgan fingerprint density at radius 1 is 1.32 bits per heavy atom. The van der Waals surface area contributed by atoms with Crippen LogP contribution in [0.1, 0.15) is 25.3 Å². The molecule has 1 N–H and O–H groups in total. The van der Waals surface area contributed by atoms with Gasteiger partial charge in [0, 0.05) is 33.0 Å². The van der Waals surface area contributed by atoms with Crippen molar-refractivity contribution in [1.29, 1.82) is 0 Å². The highest BCUT2D eigenvalue weighted by atomic mass is 35.5. The molecule has 0 saturated carbocycles. The molecule has 1 aromatic carbocycles. The van der Waals surface area contributed by atoms with Crippen LogP contribution < -0.4 is 5.32 Å². The summed E-state index contributed by atoms with van der Waals surface area (Å²) in [5.74, 6) is -0.0275. The Labute approximate surface area is 126 Å². The minimum absolute atomic E-state index is 0.0226. The first-order valence-electron chi connectivity index (χ1n) is 6.09. The van der Waals surface area contributed by atoms with Crippen LogP contribution in [0, 0.1) is 0 Å². The van der Waals surface area contributed by atoms with Crippen LogP contribution in [0.3, 0.4) is 0 Å². The van der Waals surface area contributed by atoms with Gasteiger partial charge in [-0.3, -0.25) is 9.00 Å². The van der Waals surface area contributed by atoms with E-state index in [1.54, 1.807) is 18.2 Å². The quantitative estimate of drug-likeness (QED) is 0.784. The number of rotatable bonds is 7. The van der Waals surface area contributed by atoms with Crippen LogP contribution in [0.2, 0.25) is 10.0 Å². The third-order valence-electron chi connectivity index (χ3n) is 2.51. The highest BCUT2D eigenvalue weighted by Crippen LogP contribution is 2.25. The van der Waals surface area contributed by atoms with Crippen LogP contribution in [-0.2, 0) is 21.3 Å². The fourth-order valence-corrected chi connectivity index (χ4v) is 3.30. The molecule has 19 heavy (non-hydrogen) atoms. The summed E-state index contributed by atoms with van der Waals surface area (Å²) in [5.41, 5.74) is 0.630. The van der Waals surface area contributed by atoms with Gasteiger partial charge in [-0.25, -0.2) is 0 Å². The number of carbonyl (C=O) groups is 1. The van der Waals surface area contributed by atoms with Gasteiger partial charge in [0.05, 0.1) is 5.75 Å². The summed E-state index contributed by atoms with van der Waals surface area (Å²) in [6.45, 7) is 2.67. The molecule has 0 heterocycles. The first kappa shape index (κ1) is 16.5. The van der Waals surface area contributed by atoms with E-state index in [0.29, 0.717) is 22.2 Å². The Morgan fingerprint density at radius 2 is 1.95 bits per heavy atom. The largest absolute Gasteiger partial charge is 0.355 e. The highest BCUT2D eigenvalue weighted by Gasteiger charge is 2.12. The number of amides is 1. The van der Waals surface area contributed by atoms with Crippen molar-refractivity contribution in [2.75, 3.05) is 12.3 Å². The van der Waals surface area contributed by atoms with E-state index in [9.17, 15) is 9.00 Å². The molecular formula is C13H17Cl2NO2S. The number of nitrogens with one attached hydrogen (secondary N) is 1. The average molecular weight is 322 g/mol. The van der Waals surface area contributed by atoms with Crippen molar-refractivity contribution in [2.45, 2.75) is 25.5 Å². The highest BCUT2D eigenvalue weighted by molar-refractivity contribution is 7.84. The second-order valence-corrected chi connectivity index (χ2v) is 6.40. The molecule has 1 unspecified atom stereocenters. The topological polar surface area (TPSA) is 46.2 Å². The molecule has 0 bridgehead atoms. The number of unbranched alkanes of at least 4 members (excludes halogenated alkanes) is 1. The van der Waals surface area contributed by atoms with Crippen LogP contribution in [0.4, 0.5) is 0 Å². The lowest BCUT2D eigenvalue weighted by Crippen LogP contribution is -2.29. The van der Waals surface area contributed by atoms with Crippen LogP contribution >= 0.6 is 23.2 Å². The Kier molecular flexibility index (Phi) is 7.42. The molecule has 3 nitrogen and oxygen atoms in total. The summed E-state index contributed by atoms with van der Waals surface area (Å²) in [7, 11) is -1.31. The minimum Gasteiger partial charge on any atom is -0.355 e. The zero-order valence-corrected chi connectivity index (χ0v) is 13.1. The van der Waals surface area contributed by atoms with E-state index in [1.165, 1.54) is 0 Å². The van der Waals surface area contributed by atoms with Crippen molar-refractivity contribution in [2.24, 2.45) is 0 Å². The molecule has 1 rings (SSSR count). The predicted molar refractivity (Wildman–Crippen MR) is 81.1 cm³/mol. The Bertz CT molecular complexity index is 446. The fraction of sp³-hybridized carbons (Fsp3) is 0.462. The van der Waals surface area contributed by atoms with Gasteiger partial charge in [-0.05, 0) is 18.6 Å². The monoisotopic (exact) mass is 321 g/mol. The van der Waals surface area contributed by atoms with Crippen molar-refractivity contribution in [1.82, 2.24) is 5.32 Å². The molecule has 0 saturated heterocycles. The zero-order chi connectivity index (χ0) is 14.3. The van der Waals surface area contributed by atoms with Gasteiger partial charge in [0.2, 0.25) is 5.91 Å². The van der Waals surface area contributed by atoms with E-state index in [0.717, 1.165) is 12.8 Å². The Balaban J connectivity index is 2.49. The smallest absolute Gasteiger partial charge is 0.232 e. The lowest BCUT2D eigenvalue weighted by Gasteiger charge is -2.07.